The maximum atomic E-state index is 5.82. The lowest BCUT2D eigenvalue weighted by atomic mass is 9.95. The Kier molecular flexibility index (Phi) is 4.96. The maximum absolute atomic E-state index is 5.82. The minimum Gasteiger partial charge on any atom is -0.489 e. The highest BCUT2D eigenvalue weighted by atomic mass is 16.5. The van der Waals surface area contributed by atoms with Crippen LogP contribution in [0.1, 0.15) is 18.9 Å². The average Bonchev–Trinajstić information content (AvgIpc) is 2.57. The van der Waals surface area contributed by atoms with Gasteiger partial charge in [0.05, 0.1) is 0 Å². The van der Waals surface area contributed by atoms with Crippen LogP contribution in [0.5, 0.6) is 5.75 Å². The first kappa shape index (κ1) is 14.9. The summed E-state index contributed by atoms with van der Waals surface area (Å²) >= 11 is 0. The Morgan fingerprint density at radius 3 is 2.59 bits per heavy atom. The fourth-order valence-corrected chi connectivity index (χ4v) is 2.83. The van der Waals surface area contributed by atoms with Crippen LogP contribution in [0.2, 0.25) is 0 Å². The van der Waals surface area contributed by atoms with Gasteiger partial charge in [-0.25, -0.2) is 0 Å². The van der Waals surface area contributed by atoms with Gasteiger partial charge >= 0.3 is 0 Å². The molecule has 1 aliphatic heterocycles. The SMILES string of the molecule is CC1CNCCC1Nc1ccc(OCc2ccccc2)cc1. The van der Waals surface area contributed by atoms with Crippen molar-refractivity contribution in [2.45, 2.75) is 26.0 Å². The van der Waals surface area contributed by atoms with Crippen LogP contribution in [0.3, 0.4) is 0 Å². The topological polar surface area (TPSA) is 33.3 Å². The highest BCUT2D eigenvalue weighted by molar-refractivity contribution is 5.47. The smallest absolute Gasteiger partial charge is 0.119 e. The Balaban J connectivity index is 1.53. The van der Waals surface area contributed by atoms with Crippen LogP contribution in [0.25, 0.3) is 0 Å². The van der Waals surface area contributed by atoms with Crippen molar-refractivity contribution in [3.8, 4) is 5.75 Å². The fraction of sp³-hybridized carbons (Fsp3) is 0.368. The van der Waals surface area contributed by atoms with E-state index in [1.807, 2.05) is 30.3 Å². The van der Waals surface area contributed by atoms with Gasteiger partial charge in [-0.2, -0.15) is 0 Å². The molecule has 2 unspecified atom stereocenters. The molecule has 0 aliphatic carbocycles. The summed E-state index contributed by atoms with van der Waals surface area (Å²) in [7, 11) is 0. The number of anilines is 1. The molecule has 0 aromatic heterocycles. The molecule has 116 valence electrons. The predicted octanol–water partition coefficient (Wildman–Crippen LogP) is 3.68. The monoisotopic (exact) mass is 296 g/mol. The van der Waals surface area contributed by atoms with Crippen LogP contribution in [0.15, 0.2) is 54.6 Å². The Morgan fingerprint density at radius 2 is 1.86 bits per heavy atom. The van der Waals surface area contributed by atoms with Gasteiger partial charge in [0.15, 0.2) is 0 Å². The molecule has 1 fully saturated rings. The van der Waals surface area contributed by atoms with Gasteiger partial charge in [0, 0.05) is 11.7 Å². The second kappa shape index (κ2) is 7.32. The lowest BCUT2D eigenvalue weighted by Gasteiger charge is -2.31. The Morgan fingerprint density at radius 1 is 1.09 bits per heavy atom. The second-order valence-electron chi connectivity index (χ2n) is 6.02. The molecular formula is C19H24N2O. The molecule has 2 atom stereocenters. The van der Waals surface area contributed by atoms with Gasteiger partial charge in [0.1, 0.15) is 12.4 Å². The third-order valence-electron chi connectivity index (χ3n) is 4.24. The van der Waals surface area contributed by atoms with Crippen molar-refractivity contribution in [1.29, 1.82) is 0 Å². The van der Waals surface area contributed by atoms with Crippen LogP contribution in [0.4, 0.5) is 5.69 Å². The summed E-state index contributed by atoms with van der Waals surface area (Å²) in [6.07, 6.45) is 1.17. The lowest BCUT2D eigenvalue weighted by Crippen LogP contribution is -2.42. The van der Waals surface area contributed by atoms with Crippen molar-refractivity contribution in [2.75, 3.05) is 18.4 Å². The molecule has 0 radical (unpaired) electrons. The molecule has 3 heteroatoms. The summed E-state index contributed by atoms with van der Waals surface area (Å²) in [5.74, 6) is 1.57. The van der Waals surface area contributed by atoms with E-state index in [9.17, 15) is 0 Å². The molecule has 1 aliphatic rings. The minimum absolute atomic E-state index is 0.553. The van der Waals surface area contributed by atoms with Gasteiger partial charge in [0.2, 0.25) is 0 Å². The molecule has 1 saturated heterocycles. The Hall–Kier alpha value is -2.00. The first-order valence-corrected chi connectivity index (χ1v) is 8.05. The van der Waals surface area contributed by atoms with Crippen LogP contribution >= 0.6 is 0 Å². The van der Waals surface area contributed by atoms with Crippen molar-refractivity contribution in [1.82, 2.24) is 5.32 Å². The van der Waals surface area contributed by atoms with Crippen molar-refractivity contribution >= 4 is 5.69 Å². The molecule has 3 nitrogen and oxygen atoms in total. The number of nitrogens with one attached hydrogen (secondary N) is 2. The number of ether oxygens (including phenoxy) is 1. The summed E-state index contributed by atoms with van der Waals surface area (Å²) in [4.78, 5) is 0. The number of benzene rings is 2. The summed E-state index contributed by atoms with van der Waals surface area (Å²) in [6, 6.07) is 19.1. The number of rotatable bonds is 5. The standard InChI is InChI=1S/C19H24N2O/c1-15-13-20-12-11-19(15)21-17-7-9-18(10-8-17)22-14-16-5-3-2-4-6-16/h2-10,15,19-21H,11-14H2,1H3. The highest BCUT2D eigenvalue weighted by Crippen LogP contribution is 2.21. The molecular weight excluding hydrogens is 272 g/mol. The lowest BCUT2D eigenvalue weighted by molar-refractivity contribution is 0.306. The summed E-state index contributed by atoms with van der Waals surface area (Å²) < 4.78 is 5.82. The number of hydrogen-bond donors (Lipinski definition) is 2. The van der Waals surface area contributed by atoms with E-state index in [0.29, 0.717) is 18.6 Å². The van der Waals surface area contributed by atoms with E-state index in [2.05, 4.69) is 41.8 Å². The van der Waals surface area contributed by atoms with Crippen LogP contribution < -0.4 is 15.4 Å². The van der Waals surface area contributed by atoms with Crippen LogP contribution in [0, 0.1) is 5.92 Å². The van der Waals surface area contributed by atoms with Gasteiger partial charge in [0.25, 0.3) is 0 Å². The van der Waals surface area contributed by atoms with Crippen LogP contribution in [-0.2, 0) is 6.61 Å². The van der Waals surface area contributed by atoms with Gasteiger partial charge < -0.3 is 15.4 Å². The number of piperidine rings is 1. The van der Waals surface area contributed by atoms with Crippen molar-refractivity contribution in [2.24, 2.45) is 5.92 Å². The first-order valence-electron chi connectivity index (χ1n) is 8.05. The van der Waals surface area contributed by atoms with Crippen molar-refractivity contribution in [3.63, 3.8) is 0 Å². The zero-order chi connectivity index (χ0) is 15.2. The van der Waals surface area contributed by atoms with E-state index in [1.165, 1.54) is 17.7 Å². The van der Waals surface area contributed by atoms with Gasteiger partial charge in [-0.1, -0.05) is 37.3 Å². The van der Waals surface area contributed by atoms with E-state index in [0.717, 1.165) is 18.8 Å². The summed E-state index contributed by atoms with van der Waals surface area (Å²) in [6.45, 7) is 5.09. The fourth-order valence-electron chi connectivity index (χ4n) is 2.83. The normalized spacial score (nSPS) is 21.3. The second-order valence-corrected chi connectivity index (χ2v) is 6.02. The predicted molar refractivity (Wildman–Crippen MR) is 91.3 cm³/mol. The molecule has 1 heterocycles. The quantitative estimate of drug-likeness (QED) is 0.883. The van der Waals surface area contributed by atoms with Crippen LogP contribution in [-0.4, -0.2) is 19.1 Å². The molecule has 22 heavy (non-hydrogen) atoms. The van der Waals surface area contributed by atoms with Crippen molar-refractivity contribution in [3.05, 3.63) is 60.2 Å². The van der Waals surface area contributed by atoms with E-state index >= 15 is 0 Å². The van der Waals surface area contributed by atoms with E-state index in [-0.39, 0.29) is 0 Å². The largest absolute Gasteiger partial charge is 0.489 e. The van der Waals surface area contributed by atoms with E-state index < -0.39 is 0 Å². The van der Waals surface area contributed by atoms with E-state index in [4.69, 9.17) is 4.74 Å². The summed E-state index contributed by atoms with van der Waals surface area (Å²) in [5.41, 5.74) is 2.36. The third kappa shape index (κ3) is 4.01. The molecule has 2 aromatic rings. The molecule has 0 saturated carbocycles. The molecule has 0 amide bonds. The maximum Gasteiger partial charge on any atom is 0.119 e. The average molecular weight is 296 g/mol. The van der Waals surface area contributed by atoms with E-state index in [1.54, 1.807) is 0 Å². The van der Waals surface area contributed by atoms with Gasteiger partial charge in [-0.3, -0.25) is 0 Å². The zero-order valence-corrected chi connectivity index (χ0v) is 13.1. The highest BCUT2D eigenvalue weighted by Gasteiger charge is 2.20. The molecule has 2 aromatic carbocycles. The molecule has 2 N–H and O–H groups in total. The first-order chi connectivity index (χ1) is 10.8. The molecule has 3 rings (SSSR count). The number of hydrogen-bond acceptors (Lipinski definition) is 3. The Bertz CT molecular complexity index is 568. The summed E-state index contributed by atoms with van der Waals surface area (Å²) in [5, 5.41) is 7.07. The zero-order valence-electron chi connectivity index (χ0n) is 13.1. The van der Waals surface area contributed by atoms with Gasteiger partial charge in [-0.15, -0.1) is 0 Å². The van der Waals surface area contributed by atoms with Crippen molar-refractivity contribution < 1.29 is 4.74 Å². The van der Waals surface area contributed by atoms with Gasteiger partial charge in [-0.05, 0) is 55.3 Å². The minimum atomic E-state index is 0.553. The Labute approximate surface area is 132 Å². The third-order valence-corrected chi connectivity index (χ3v) is 4.24. The molecule has 0 spiro atoms. The molecule has 0 bridgehead atoms.